The number of likely N-dealkylation sites (tertiary alicyclic amines) is 1. The van der Waals surface area contributed by atoms with Gasteiger partial charge in [-0.1, -0.05) is 24.6 Å². The molecule has 0 radical (unpaired) electrons. The minimum absolute atomic E-state index is 0.0255. The zero-order valence-electron chi connectivity index (χ0n) is 14.7. The maximum Gasteiger partial charge on any atom is 0.236 e. The SMILES string of the molecule is Cc1nc([C@H]2CCCCN2CC(=O)N(C)Cc2ccccc2F)n[nH]1. The van der Waals surface area contributed by atoms with Gasteiger partial charge in [0.25, 0.3) is 0 Å². The van der Waals surface area contributed by atoms with Gasteiger partial charge in [0.15, 0.2) is 5.82 Å². The van der Waals surface area contributed by atoms with E-state index in [1.807, 2.05) is 6.92 Å². The second-order valence-electron chi connectivity index (χ2n) is 6.60. The van der Waals surface area contributed by atoms with Crippen molar-refractivity contribution in [1.82, 2.24) is 25.0 Å². The number of carbonyl (C=O) groups is 1. The highest BCUT2D eigenvalue weighted by atomic mass is 19.1. The van der Waals surface area contributed by atoms with E-state index in [9.17, 15) is 9.18 Å². The molecule has 0 spiro atoms. The minimum Gasteiger partial charge on any atom is -0.340 e. The van der Waals surface area contributed by atoms with Gasteiger partial charge < -0.3 is 4.90 Å². The van der Waals surface area contributed by atoms with Crippen molar-refractivity contribution >= 4 is 5.91 Å². The zero-order chi connectivity index (χ0) is 17.8. The first kappa shape index (κ1) is 17.5. The van der Waals surface area contributed by atoms with Crippen molar-refractivity contribution in [2.24, 2.45) is 0 Å². The molecule has 25 heavy (non-hydrogen) atoms. The molecule has 134 valence electrons. The number of benzene rings is 1. The van der Waals surface area contributed by atoms with E-state index < -0.39 is 0 Å². The number of piperidine rings is 1. The average molecular weight is 345 g/mol. The number of carbonyl (C=O) groups excluding carboxylic acids is 1. The summed E-state index contributed by atoms with van der Waals surface area (Å²) in [7, 11) is 1.71. The molecule has 6 nitrogen and oxygen atoms in total. The van der Waals surface area contributed by atoms with Gasteiger partial charge >= 0.3 is 0 Å². The maximum atomic E-state index is 13.8. The molecule has 1 aromatic carbocycles. The summed E-state index contributed by atoms with van der Waals surface area (Å²) in [5.41, 5.74) is 0.526. The molecule has 7 heteroatoms. The highest BCUT2D eigenvalue weighted by molar-refractivity contribution is 5.78. The number of nitrogens with zero attached hydrogens (tertiary/aromatic N) is 4. The van der Waals surface area contributed by atoms with Crippen LogP contribution in [-0.4, -0.2) is 51.0 Å². The summed E-state index contributed by atoms with van der Waals surface area (Å²) >= 11 is 0. The predicted molar refractivity (Wildman–Crippen MR) is 92.2 cm³/mol. The summed E-state index contributed by atoms with van der Waals surface area (Å²) in [4.78, 5) is 20.8. The molecule has 3 rings (SSSR count). The van der Waals surface area contributed by atoms with Crippen LogP contribution in [0.4, 0.5) is 4.39 Å². The number of aromatic amines is 1. The Bertz CT molecular complexity index is 732. The first-order valence-corrected chi connectivity index (χ1v) is 8.65. The molecule has 2 aromatic rings. The van der Waals surface area contributed by atoms with E-state index in [-0.39, 0.29) is 24.3 Å². The normalized spacial score (nSPS) is 18.3. The van der Waals surface area contributed by atoms with Gasteiger partial charge in [-0.2, -0.15) is 5.10 Å². The van der Waals surface area contributed by atoms with E-state index in [0.29, 0.717) is 12.1 Å². The number of halogens is 1. The van der Waals surface area contributed by atoms with Crippen LogP contribution in [0, 0.1) is 12.7 Å². The summed E-state index contributed by atoms with van der Waals surface area (Å²) in [6.45, 7) is 3.28. The van der Waals surface area contributed by atoms with Crippen molar-refractivity contribution in [3.8, 4) is 0 Å². The lowest BCUT2D eigenvalue weighted by molar-refractivity contribution is -0.132. The van der Waals surface area contributed by atoms with E-state index in [2.05, 4.69) is 20.1 Å². The van der Waals surface area contributed by atoms with Crippen molar-refractivity contribution in [2.45, 2.75) is 38.8 Å². The molecule has 1 aliphatic rings. The molecule has 1 N–H and O–H groups in total. The molecule has 1 amide bonds. The number of H-pyrrole nitrogens is 1. The van der Waals surface area contributed by atoms with Crippen molar-refractivity contribution in [1.29, 1.82) is 0 Å². The van der Waals surface area contributed by atoms with Gasteiger partial charge in [-0.25, -0.2) is 9.37 Å². The van der Waals surface area contributed by atoms with E-state index >= 15 is 0 Å². The van der Waals surface area contributed by atoms with Crippen molar-refractivity contribution in [2.75, 3.05) is 20.1 Å². The van der Waals surface area contributed by atoms with Gasteiger partial charge in [-0.15, -0.1) is 0 Å². The number of hydrogen-bond acceptors (Lipinski definition) is 4. The maximum absolute atomic E-state index is 13.8. The zero-order valence-corrected chi connectivity index (χ0v) is 14.7. The number of rotatable bonds is 5. The second-order valence-corrected chi connectivity index (χ2v) is 6.60. The summed E-state index contributed by atoms with van der Waals surface area (Å²) in [5.74, 6) is 1.22. The minimum atomic E-state index is -0.283. The molecule has 0 bridgehead atoms. The van der Waals surface area contributed by atoms with Crippen LogP contribution < -0.4 is 0 Å². The van der Waals surface area contributed by atoms with E-state index in [1.165, 1.54) is 6.07 Å². The summed E-state index contributed by atoms with van der Waals surface area (Å²) in [6, 6.07) is 6.62. The molecular formula is C18H24FN5O. The van der Waals surface area contributed by atoms with E-state index in [0.717, 1.165) is 37.5 Å². The Morgan fingerprint density at radius 3 is 2.92 bits per heavy atom. The van der Waals surface area contributed by atoms with E-state index in [1.54, 1.807) is 30.1 Å². The summed E-state index contributed by atoms with van der Waals surface area (Å²) in [5, 5.41) is 7.15. The Balaban J connectivity index is 1.64. The molecule has 0 saturated carbocycles. The first-order chi connectivity index (χ1) is 12.0. The van der Waals surface area contributed by atoms with Crippen molar-refractivity contribution < 1.29 is 9.18 Å². The topological polar surface area (TPSA) is 65.1 Å². The highest BCUT2D eigenvalue weighted by Crippen LogP contribution is 2.28. The monoisotopic (exact) mass is 345 g/mol. The van der Waals surface area contributed by atoms with Crippen molar-refractivity contribution in [3.05, 3.63) is 47.3 Å². The third-order valence-corrected chi connectivity index (χ3v) is 4.66. The Hall–Kier alpha value is -2.28. The Morgan fingerprint density at radius 1 is 1.40 bits per heavy atom. The molecule has 0 aliphatic carbocycles. The van der Waals surface area contributed by atoms with Crippen LogP contribution in [0.1, 0.15) is 42.5 Å². The molecule has 1 saturated heterocycles. The quantitative estimate of drug-likeness (QED) is 0.904. The third-order valence-electron chi connectivity index (χ3n) is 4.66. The molecular weight excluding hydrogens is 321 g/mol. The lowest BCUT2D eigenvalue weighted by Gasteiger charge is -2.34. The van der Waals surface area contributed by atoms with Crippen molar-refractivity contribution in [3.63, 3.8) is 0 Å². The van der Waals surface area contributed by atoms with Crippen LogP contribution in [0.15, 0.2) is 24.3 Å². The Kier molecular flexibility index (Phi) is 5.43. The Labute approximate surface area is 147 Å². The van der Waals surface area contributed by atoms with Crippen LogP contribution in [0.2, 0.25) is 0 Å². The fraction of sp³-hybridized carbons (Fsp3) is 0.500. The Morgan fingerprint density at radius 2 is 2.20 bits per heavy atom. The van der Waals surface area contributed by atoms with Gasteiger partial charge in [0.1, 0.15) is 11.6 Å². The fourth-order valence-electron chi connectivity index (χ4n) is 3.25. The van der Waals surface area contributed by atoms with Gasteiger partial charge in [0.05, 0.1) is 12.6 Å². The molecule has 2 heterocycles. The van der Waals surface area contributed by atoms with Gasteiger partial charge in [0, 0.05) is 19.2 Å². The van der Waals surface area contributed by atoms with Gasteiger partial charge in [-0.3, -0.25) is 14.8 Å². The molecule has 0 unspecified atom stereocenters. The number of hydrogen-bond donors (Lipinski definition) is 1. The van der Waals surface area contributed by atoms with Crippen LogP contribution in [0.25, 0.3) is 0 Å². The smallest absolute Gasteiger partial charge is 0.236 e. The van der Waals surface area contributed by atoms with Crippen LogP contribution >= 0.6 is 0 Å². The number of likely N-dealkylation sites (N-methyl/N-ethyl adjacent to an activating group) is 1. The first-order valence-electron chi connectivity index (χ1n) is 8.65. The van der Waals surface area contributed by atoms with Crippen LogP contribution in [-0.2, 0) is 11.3 Å². The highest BCUT2D eigenvalue weighted by Gasteiger charge is 2.29. The lowest BCUT2D eigenvalue weighted by Crippen LogP contribution is -2.42. The number of nitrogens with one attached hydrogen (secondary N) is 1. The standard InChI is InChI=1S/C18H24FN5O/c1-13-20-18(22-21-13)16-9-5-6-10-24(16)12-17(25)23(2)11-14-7-3-4-8-15(14)19/h3-4,7-8,16H,5-6,9-12H2,1-2H3,(H,20,21,22)/t16-/m1/s1. The largest absolute Gasteiger partial charge is 0.340 e. The number of aryl methyl sites for hydroxylation is 1. The number of aromatic nitrogens is 3. The summed E-state index contributed by atoms with van der Waals surface area (Å²) < 4.78 is 13.8. The average Bonchev–Trinajstić information content (AvgIpc) is 3.03. The predicted octanol–water partition coefficient (Wildman–Crippen LogP) is 2.44. The molecule has 1 fully saturated rings. The molecule has 1 atom stereocenters. The molecule has 1 aliphatic heterocycles. The lowest BCUT2D eigenvalue weighted by atomic mass is 10.0. The fourth-order valence-corrected chi connectivity index (χ4v) is 3.25. The third kappa shape index (κ3) is 4.22. The van der Waals surface area contributed by atoms with Crippen LogP contribution in [0.3, 0.4) is 0 Å². The number of amides is 1. The molecule has 1 aromatic heterocycles. The van der Waals surface area contributed by atoms with Gasteiger partial charge in [0.2, 0.25) is 5.91 Å². The van der Waals surface area contributed by atoms with E-state index in [4.69, 9.17) is 0 Å². The second kappa shape index (κ2) is 7.74. The van der Waals surface area contributed by atoms with Crippen LogP contribution in [0.5, 0.6) is 0 Å². The summed E-state index contributed by atoms with van der Waals surface area (Å²) in [6.07, 6.45) is 3.11. The van der Waals surface area contributed by atoms with Gasteiger partial charge in [-0.05, 0) is 32.4 Å².